The standard InChI is InChI=1S/C72H62BN3/c1-44-30-50-33-52-43-72(40-44,68(50)52)54-36-62-60-35-53(71-41-45-31-51(42-71)63(71)32-45)25-29-66(60)76-67-39-58(75(56-18-10-4-11-19-56)57-20-12-5-13-21-57)38-61(69(67)73-64(37-54)70(62)76)59-34-49(47-16-8-3-9-17-47)24-28-65(59)74-55-26-22-48(23-27-55)46-14-6-2-7-15-46/h2-29,34-39,44-45,50-52,63,68,73-74H,30-33,40-43H2,1H3. The van der Waals surface area contributed by atoms with E-state index in [1.54, 1.807) is 11.1 Å². The van der Waals surface area contributed by atoms with Crippen LogP contribution in [0.4, 0.5) is 28.4 Å². The molecule has 3 nitrogen and oxygen atoms in total. The molecule has 368 valence electrons. The Morgan fingerprint density at radius 2 is 1.17 bits per heavy atom. The molecule has 9 aromatic carbocycles. The molecule has 1 aromatic heterocycles. The maximum Gasteiger partial charge on any atom is 0.198 e. The van der Waals surface area contributed by atoms with Crippen LogP contribution in [0, 0.1) is 41.4 Å². The zero-order valence-corrected chi connectivity index (χ0v) is 43.4. The van der Waals surface area contributed by atoms with E-state index in [1.165, 1.54) is 123 Å². The fraction of sp³-hybridized carbons (Fsp3) is 0.250. The van der Waals surface area contributed by atoms with Crippen molar-refractivity contribution in [2.75, 3.05) is 10.2 Å². The van der Waals surface area contributed by atoms with E-state index >= 15 is 0 Å². The Balaban J connectivity index is 0.926. The first-order valence-corrected chi connectivity index (χ1v) is 28.8. The first-order chi connectivity index (χ1) is 37.4. The van der Waals surface area contributed by atoms with Crippen molar-refractivity contribution < 1.29 is 0 Å². The maximum atomic E-state index is 4.02. The summed E-state index contributed by atoms with van der Waals surface area (Å²) in [5.41, 5.74) is 23.8. The van der Waals surface area contributed by atoms with Gasteiger partial charge < -0.3 is 14.8 Å². The molecule has 0 radical (unpaired) electrons. The fourth-order valence-electron chi connectivity index (χ4n) is 18.1. The lowest BCUT2D eigenvalue weighted by molar-refractivity contribution is -0.159. The third-order valence-corrected chi connectivity index (χ3v) is 21.0. The molecule has 6 fully saturated rings. The largest absolute Gasteiger partial charge is 0.355 e. The third-order valence-electron chi connectivity index (χ3n) is 21.0. The molecule has 7 aliphatic rings. The minimum absolute atomic E-state index is 0.294. The van der Waals surface area contributed by atoms with E-state index in [4.69, 9.17) is 0 Å². The second kappa shape index (κ2) is 16.2. The lowest BCUT2D eigenvalue weighted by atomic mass is 9.34. The van der Waals surface area contributed by atoms with Gasteiger partial charge in [0.2, 0.25) is 0 Å². The molecule has 6 aliphatic carbocycles. The number of benzene rings is 9. The van der Waals surface area contributed by atoms with E-state index in [0.717, 1.165) is 77.1 Å². The Hall–Kier alpha value is -7.56. The highest BCUT2D eigenvalue weighted by Gasteiger charge is 2.66. The van der Waals surface area contributed by atoms with Crippen LogP contribution >= 0.6 is 0 Å². The van der Waals surface area contributed by atoms with Gasteiger partial charge in [0.25, 0.3) is 0 Å². The van der Waals surface area contributed by atoms with E-state index in [9.17, 15) is 0 Å². The molecule has 0 spiro atoms. The number of nitrogens with zero attached hydrogens (tertiary/aromatic N) is 2. The van der Waals surface area contributed by atoms with Crippen LogP contribution in [0.5, 0.6) is 0 Å². The van der Waals surface area contributed by atoms with Crippen molar-refractivity contribution >= 4 is 68.4 Å². The molecule has 1 aliphatic heterocycles. The number of rotatable bonds is 10. The quantitative estimate of drug-likeness (QED) is 0.138. The van der Waals surface area contributed by atoms with Crippen LogP contribution in [0.15, 0.2) is 206 Å². The Bertz CT molecular complexity index is 3920. The van der Waals surface area contributed by atoms with Crippen LogP contribution < -0.4 is 21.1 Å². The number of fused-ring (bicyclic) bond motifs is 6. The number of nitrogens with one attached hydrogen (secondary N) is 1. The smallest absolute Gasteiger partial charge is 0.198 e. The number of anilines is 5. The normalized spacial score (nSPS) is 26.7. The summed E-state index contributed by atoms with van der Waals surface area (Å²) in [5, 5.41) is 6.98. The number of aromatic nitrogens is 1. The van der Waals surface area contributed by atoms with Gasteiger partial charge in [-0.05, 0) is 227 Å². The summed E-state index contributed by atoms with van der Waals surface area (Å²) < 4.78 is 2.74. The van der Waals surface area contributed by atoms with Gasteiger partial charge >= 0.3 is 0 Å². The van der Waals surface area contributed by atoms with Crippen LogP contribution in [-0.4, -0.2) is 11.8 Å². The van der Waals surface area contributed by atoms with Gasteiger partial charge in [0.05, 0.1) is 5.52 Å². The second-order valence-electron chi connectivity index (χ2n) is 24.9. The van der Waals surface area contributed by atoms with Gasteiger partial charge in [-0.15, -0.1) is 0 Å². The van der Waals surface area contributed by atoms with E-state index in [0.29, 0.717) is 10.8 Å². The number of para-hydroxylation sites is 2. The highest BCUT2D eigenvalue weighted by atomic mass is 15.1. The topological polar surface area (TPSA) is 20.2 Å². The fourth-order valence-corrected chi connectivity index (χ4v) is 18.1. The second-order valence-corrected chi connectivity index (χ2v) is 24.9. The van der Waals surface area contributed by atoms with Crippen molar-refractivity contribution in [1.29, 1.82) is 0 Å². The van der Waals surface area contributed by atoms with Crippen LogP contribution in [0.25, 0.3) is 60.9 Å². The summed E-state index contributed by atoms with van der Waals surface area (Å²) in [5.74, 6) is 6.17. The van der Waals surface area contributed by atoms with E-state index < -0.39 is 0 Å². The summed E-state index contributed by atoms with van der Waals surface area (Å²) in [6.07, 6.45) is 11.3. The highest BCUT2D eigenvalue weighted by Crippen LogP contribution is 2.73. The first-order valence-electron chi connectivity index (χ1n) is 28.8. The van der Waals surface area contributed by atoms with Crippen LogP contribution in [0.2, 0.25) is 0 Å². The van der Waals surface area contributed by atoms with Crippen molar-refractivity contribution in [1.82, 2.24) is 4.57 Å². The van der Waals surface area contributed by atoms with Gasteiger partial charge in [0, 0.05) is 56.0 Å². The Morgan fingerprint density at radius 3 is 1.87 bits per heavy atom. The van der Waals surface area contributed by atoms with Gasteiger partial charge in [-0.1, -0.05) is 140 Å². The minimum atomic E-state index is 0.294. The number of hydrogen-bond acceptors (Lipinski definition) is 2. The van der Waals surface area contributed by atoms with Crippen LogP contribution in [-0.2, 0) is 10.8 Å². The average Bonchev–Trinajstić information content (AvgIpc) is 4.21. The molecule has 0 saturated heterocycles. The number of hydrogen-bond donors (Lipinski definition) is 1. The molecule has 76 heavy (non-hydrogen) atoms. The van der Waals surface area contributed by atoms with Gasteiger partial charge in [-0.2, -0.15) is 0 Å². The first kappa shape index (κ1) is 43.7. The lowest BCUT2D eigenvalue weighted by Gasteiger charge is -2.70. The van der Waals surface area contributed by atoms with Gasteiger partial charge in [0.1, 0.15) is 0 Å². The van der Waals surface area contributed by atoms with Crippen molar-refractivity contribution in [3.05, 3.63) is 217 Å². The Morgan fingerprint density at radius 1 is 0.500 bits per heavy atom. The molecule has 4 heteroatoms. The van der Waals surface area contributed by atoms with Gasteiger partial charge in [0.15, 0.2) is 7.28 Å². The van der Waals surface area contributed by atoms with Crippen molar-refractivity contribution in [3.8, 4) is 39.1 Å². The molecule has 10 aromatic rings. The van der Waals surface area contributed by atoms with Crippen molar-refractivity contribution in [2.45, 2.75) is 69.1 Å². The van der Waals surface area contributed by atoms with Crippen molar-refractivity contribution in [3.63, 3.8) is 0 Å². The molecule has 2 heterocycles. The molecular weight excluding hydrogens is 918 g/mol. The van der Waals surface area contributed by atoms with Gasteiger partial charge in [-0.3, -0.25) is 0 Å². The summed E-state index contributed by atoms with van der Waals surface area (Å²) in [7, 11) is 0.869. The predicted molar refractivity (Wildman–Crippen MR) is 318 cm³/mol. The van der Waals surface area contributed by atoms with E-state index in [2.05, 4.69) is 228 Å². The molecule has 9 atom stereocenters. The molecule has 17 rings (SSSR count). The average molecular weight is 980 g/mol. The summed E-state index contributed by atoms with van der Waals surface area (Å²) >= 11 is 0. The molecule has 1 N–H and O–H groups in total. The molecule has 9 unspecified atom stereocenters. The van der Waals surface area contributed by atoms with Gasteiger partial charge in [-0.25, -0.2) is 0 Å². The monoisotopic (exact) mass is 980 g/mol. The molecule has 2 bridgehead atoms. The van der Waals surface area contributed by atoms with Crippen LogP contribution in [0.3, 0.4) is 0 Å². The summed E-state index contributed by atoms with van der Waals surface area (Å²) in [6.45, 7) is 2.56. The van der Waals surface area contributed by atoms with E-state index in [-0.39, 0.29) is 0 Å². The zero-order valence-electron chi connectivity index (χ0n) is 43.4. The SMILES string of the molecule is CC1CC2CC3CC(c4cc5c6c(c4)c4cc(C78CC9CC(C7)C8C9)ccc4n6-c4cc(N(c6ccccc6)c6ccccc6)cc(-c6cc(-c7ccccc7)ccc6Nc6ccc(-c7ccccc7)cc6)c4B5)(C1)C23. The van der Waals surface area contributed by atoms with Crippen molar-refractivity contribution in [2.24, 2.45) is 41.4 Å². The Kier molecular flexibility index (Phi) is 9.32. The highest BCUT2D eigenvalue weighted by molar-refractivity contribution is 6.73. The Labute approximate surface area is 447 Å². The third kappa shape index (κ3) is 6.31. The van der Waals surface area contributed by atoms with Crippen LogP contribution in [0.1, 0.15) is 69.4 Å². The summed E-state index contributed by atoms with van der Waals surface area (Å²) in [6, 6.07) is 78.3. The van der Waals surface area contributed by atoms with E-state index in [1.807, 2.05) is 0 Å². The zero-order chi connectivity index (χ0) is 49.9. The summed E-state index contributed by atoms with van der Waals surface area (Å²) in [4.78, 5) is 2.48. The maximum absolute atomic E-state index is 4.02. The lowest BCUT2D eigenvalue weighted by Crippen LogP contribution is -2.65. The molecule has 6 saturated carbocycles. The predicted octanol–water partition coefficient (Wildman–Crippen LogP) is 16.7. The minimum Gasteiger partial charge on any atom is -0.355 e. The molecular formula is C72H62BN3. The molecule has 0 amide bonds.